The van der Waals surface area contributed by atoms with Crippen LogP contribution in [-0.2, 0) is 9.47 Å². The van der Waals surface area contributed by atoms with Gasteiger partial charge in [0.25, 0.3) is 0 Å². The number of rotatable bonds is 6. The number of hydrogen-bond donors (Lipinski definition) is 1. The molecule has 0 spiro atoms. The van der Waals surface area contributed by atoms with Gasteiger partial charge in [-0.25, -0.2) is 4.79 Å². The van der Waals surface area contributed by atoms with Gasteiger partial charge >= 0.3 is 5.97 Å². The number of benzene rings is 1. The summed E-state index contributed by atoms with van der Waals surface area (Å²) in [6.45, 7) is 6.46. The maximum atomic E-state index is 11.3. The Kier molecular flexibility index (Phi) is 6.38. The Bertz CT molecular complexity index is 494. The average molecular weight is 323 g/mol. The van der Waals surface area contributed by atoms with Crippen molar-refractivity contribution in [1.29, 1.82) is 0 Å². The van der Waals surface area contributed by atoms with Gasteiger partial charge in [0.05, 0.1) is 24.9 Å². The van der Waals surface area contributed by atoms with Crippen molar-refractivity contribution < 1.29 is 24.1 Å². The Morgan fingerprint density at radius 3 is 2.48 bits per heavy atom. The number of aliphatic hydroxyl groups excluding tert-OH is 1. The van der Waals surface area contributed by atoms with E-state index < -0.39 is 6.10 Å². The summed E-state index contributed by atoms with van der Waals surface area (Å²) in [5, 5.41) is 10.1. The summed E-state index contributed by atoms with van der Waals surface area (Å²) in [6.07, 6.45) is -0.219. The normalized spacial score (nSPS) is 23.3. The molecule has 6 nitrogen and oxygen atoms in total. The van der Waals surface area contributed by atoms with Gasteiger partial charge in [0.2, 0.25) is 0 Å². The Labute approximate surface area is 136 Å². The predicted octanol–water partition coefficient (Wildman–Crippen LogP) is 1.32. The standard InChI is InChI=1S/C17H25NO5/c1-12-8-18(9-13(2)23-12)10-15(19)11-22-16-6-4-14(5-7-16)17(20)21-3/h4-7,12-13,15,19H,8-11H2,1-3H3/t12-,13+,15-/m0/s1. The molecule has 0 bridgehead atoms. The quantitative estimate of drug-likeness (QED) is 0.797. The molecule has 1 fully saturated rings. The van der Waals surface area contributed by atoms with Crippen LogP contribution >= 0.6 is 0 Å². The minimum atomic E-state index is -0.576. The van der Waals surface area contributed by atoms with Crippen molar-refractivity contribution in [2.75, 3.05) is 33.4 Å². The first-order chi connectivity index (χ1) is 11.0. The fraction of sp³-hybridized carbons (Fsp3) is 0.588. The summed E-state index contributed by atoms with van der Waals surface area (Å²) in [5.74, 6) is 0.229. The van der Waals surface area contributed by atoms with Gasteiger partial charge in [-0.15, -0.1) is 0 Å². The molecule has 1 heterocycles. The summed E-state index contributed by atoms with van der Waals surface area (Å²) in [6, 6.07) is 6.66. The van der Waals surface area contributed by atoms with E-state index >= 15 is 0 Å². The monoisotopic (exact) mass is 323 g/mol. The molecule has 1 aromatic rings. The van der Waals surface area contributed by atoms with E-state index in [1.54, 1.807) is 24.3 Å². The van der Waals surface area contributed by atoms with Crippen LogP contribution in [0.2, 0.25) is 0 Å². The van der Waals surface area contributed by atoms with Crippen LogP contribution in [0.25, 0.3) is 0 Å². The van der Waals surface area contributed by atoms with Crippen molar-refractivity contribution in [2.45, 2.75) is 32.2 Å². The molecule has 0 radical (unpaired) electrons. The lowest BCUT2D eigenvalue weighted by atomic mass is 10.2. The van der Waals surface area contributed by atoms with Crippen molar-refractivity contribution in [3.8, 4) is 5.75 Å². The van der Waals surface area contributed by atoms with Crippen molar-refractivity contribution in [2.24, 2.45) is 0 Å². The van der Waals surface area contributed by atoms with E-state index in [0.29, 0.717) is 17.9 Å². The lowest BCUT2D eigenvalue weighted by molar-refractivity contribution is -0.0786. The highest BCUT2D eigenvalue weighted by Crippen LogP contribution is 2.14. The third-order valence-electron chi connectivity index (χ3n) is 3.68. The second-order valence-electron chi connectivity index (χ2n) is 5.96. The van der Waals surface area contributed by atoms with Crippen LogP contribution in [-0.4, -0.2) is 67.6 Å². The Morgan fingerprint density at radius 1 is 1.30 bits per heavy atom. The van der Waals surface area contributed by atoms with Crippen molar-refractivity contribution in [3.63, 3.8) is 0 Å². The third kappa shape index (κ3) is 5.49. The molecule has 1 saturated heterocycles. The van der Waals surface area contributed by atoms with Crippen LogP contribution in [0.5, 0.6) is 5.75 Å². The zero-order valence-electron chi connectivity index (χ0n) is 13.9. The summed E-state index contributed by atoms with van der Waals surface area (Å²) in [7, 11) is 1.34. The van der Waals surface area contributed by atoms with Crippen molar-refractivity contribution in [3.05, 3.63) is 29.8 Å². The molecule has 1 aromatic carbocycles. The molecule has 0 aromatic heterocycles. The van der Waals surface area contributed by atoms with Crippen LogP contribution < -0.4 is 4.74 Å². The van der Waals surface area contributed by atoms with Gasteiger partial charge in [-0.3, -0.25) is 4.90 Å². The molecule has 128 valence electrons. The van der Waals surface area contributed by atoms with E-state index in [2.05, 4.69) is 9.64 Å². The number of esters is 1. The SMILES string of the molecule is COC(=O)c1ccc(OC[C@@H](O)CN2C[C@@H](C)O[C@@H](C)C2)cc1. The summed E-state index contributed by atoms with van der Waals surface area (Å²) in [5.41, 5.74) is 0.469. The summed E-state index contributed by atoms with van der Waals surface area (Å²) < 4.78 is 15.9. The molecule has 6 heteroatoms. The zero-order chi connectivity index (χ0) is 16.8. The number of carbonyl (C=O) groups excluding carboxylic acids is 1. The van der Waals surface area contributed by atoms with Gasteiger partial charge < -0.3 is 19.3 Å². The van der Waals surface area contributed by atoms with E-state index in [0.717, 1.165) is 13.1 Å². The Hall–Kier alpha value is -1.63. The lowest BCUT2D eigenvalue weighted by Crippen LogP contribution is -2.48. The number of aliphatic hydroxyl groups is 1. The number of carbonyl (C=O) groups is 1. The van der Waals surface area contributed by atoms with Crippen LogP contribution in [0.15, 0.2) is 24.3 Å². The number of nitrogens with zero attached hydrogens (tertiary/aromatic N) is 1. The van der Waals surface area contributed by atoms with Crippen LogP contribution in [0.3, 0.4) is 0 Å². The smallest absolute Gasteiger partial charge is 0.337 e. The van der Waals surface area contributed by atoms with Gasteiger partial charge in [-0.05, 0) is 38.1 Å². The van der Waals surface area contributed by atoms with Crippen molar-refractivity contribution >= 4 is 5.97 Å². The highest BCUT2D eigenvalue weighted by Gasteiger charge is 2.23. The van der Waals surface area contributed by atoms with Crippen LogP contribution in [0.1, 0.15) is 24.2 Å². The van der Waals surface area contributed by atoms with Crippen molar-refractivity contribution in [1.82, 2.24) is 4.90 Å². The Morgan fingerprint density at radius 2 is 1.91 bits per heavy atom. The first kappa shape index (κ1) is 17.7. The molecule has 23 heavy (non-hydrogen) atoms. The number of hydrogen-bond acceptors (Lipinski definition) is 6. The minimum absolute atomic E-state index is 0.178. The molecule has 0 amide bonds. The predicted molar refractivity (Wildman–Crippen MR) is 85.7 cm³/mol. The molecule has 0 saturated carbocycles. The number of methoxy groups -OCH3 is 1. The minimum Gasteiger partial charge on any atom is -0.491 e. The molecular weight excluding hydrogens is 298 g/mol. The average Bonchev–Trinajstić information content (AvgIpc) is 2.51. The van der Waals surface area contributed by atoms with Gasteiger partial charge in [-0.2, -0.15) is 0 Å². The van der Waals surface area contributed by atoms with E-state index in [1.165, 1.54) is 7.11 Å². The second-order valence-corrected chi connectivity index (χ2v) is 5.96. The molecule has 3 atom stereocenters. The van der Waals surface area contributed by atoms with Gasteiger partial charge in [-0.1, -0.05) is 0 Å². The Balaban J connectivity index is 1.77. The molecule has 1 aliphatic rings. The van der Waals surface area contributed by atoms with Crippen LogP contribution in [0.4, 0.5) is 0 Å². The largest absolute Gasteiger partial charge is 0.491 e. The topological polar surface area (TPSA) is 68.2 Å². The summed E-state index contributed by atoms with van der Waals surface area (Å²) in [4.78, 5) is 13.5. The lowest BCUT2D eigenvalue weighted by Gasteiger charge is -2.36. The van der Waals surface area contributed by atoms with E-state index in [-0.39, 0.29) is 24.8 Å². The molecular formula is C17H25NO5. The highest BCUT2D eigenvalue weighted by atomic mass is 16.5. The van der Waals surface area contributed by atoms with Crippen LogP contribution in [0, 0.1) is 0 Å². The number of morpholine rings is 1. The van der Waals surface area contributed by atoms with E-state index in [4.69, 9.17) is 9.47 Å². The van der Waals surface area contributed by atoms with Gasteiger partial charge in [0, 0.05) is 19.6 Å². The second kappa shape index (κ2) is 8.29. The fourth-order valence-corrected chi connectivity index (χ4v) is 2.78. The first-order valence-electron chi connectivity index (χ1n) is 7.85. The summed E-state index contributed by atoms with van der Waals surface area (Å²) >= 11 is 0. The van der Waals surface area contributed by atoms with Gasteiger partial charge in [0.15, 0.2) is 0 Å². The number of ether oxygens (including phenoxy) is 3. The number of β-amino-alcohol motifs (C(OH)–C–C–N with tert-alkyl or cyclic N) is 1. The maximum absolute atomic E-state index is 11.3. The van der Waals surface area contributed by atoms with E-state index in [1.807, 2.05) is 13.8 Å². The molecule has 1 N–H and O–H groups in total. The highest BCUT2D eigenvalue weighted by molar-refractivity contribution is 5.89. The molecule has 2 rings (SSSR count). The molecule has 0 aliphatic carbocycles. The van der Waals surface area contributed by atoms with E-state index in [9.17, 15) is 9.90 Å². The zero-order valence-corrected chi connectivity index (χ0v) is 13.9. The molecule has 0 unspecified atom stereocenters. The maximum Gasteiger partial charge on any atom is 0.337 e. The first-order valence-corrected chi connectivity index (χ1v) is 7.85. The molecule has 1 aliphatic heterocycles. The fourth-order valence-electron chi connectivity index (χ4n) is 2.78. The third-order valence-corrected chi connectivity index (χ3v) is 3.68. The van der Waals surface area contributed by atoms with Gasteiger partial charge in [0.1, 0.15) is 18.5 Å².